The average Bonchev–Trinajstić information content (AvgIpc) is 1.63. The summed E-state index contributed by atoms with van der Waals surface area (Å²) in [6.45, 7) is 1.11. The third-order valence-corrected chi connectivity index (χ3v) is 0.771. The summed E-state index contributed by atoms with van der Waals surface area (Å²) in [5.41, 5.74) is 0. The molecule has 0 bridgehead atoms. The molecule has 0 aromatic rings. The van der Waals surface area contributed by atoms with Crippen LogP contribution >= 0.6 is 0 Å². The predicted molar refractivity (Wildman–Crippen MR) is 45.0 cm³/mol. The van der Waals surface area contributed by atoms with Gasteiger partial charge < -0.3 is 14.9 Å². The number of likely N-dealkylation sites (N-methyl/N-ethyl adjacent to an activating group) is 1. The quantitative estimate of drug-likeness (QED) is 0.520. The molecule has 0 unspecified atom stereocenters. The van der Waals surface area contributed by atoms with Crippen molar-refractivity contribution in [3.63, 3.8) is 0 Å². The summed E-state index contributed by atoms with van der Waals surface area (Å²) in [7, 11) is 9.91. The number of nitrogens with one attached hydrogen (secondary N) is 1. The third-order valence-electron chi connectivity index (χ3n) is 0.771. The first-order valence-corrected chi connectivity index (χ1v) is 3.47. The molecule has 10 heavy (non-hydrogen) atoms. The number of aliphatic hydroxyl groups is 1. The minimum absolute atomic E-state index is 0.281. The number of rotatable bonds is 2. The van der Waals surface area contributed by atoms with Crippen LogP contribution in [0.3, 0.4) is 0 Å². The fourth-order valence-electron chi connectivity index (χ4n) is 0.300. The molecule has 0 aliphatic heterocycles. The van der Waals surface area contributed by atoms with Gasteiger partial charge in [-0.15, -0.1) is 0 Å². The molecule has 0 heterocycles. The Morgan fingerprint density at radius 3 is 1.50 bits per heavy atom. The normalized spacial score (nSPS) is 10.2. The Morgan fingerprint density at radius 2 is 1.50 bits per heavy atom. The van der Waals surface area contributed by atoms with Crippen LogP contribution in [0.4, 0.5) is 0 Å². The van der Waals surface area contributed by atoms with E-state index in [1.54, 1.807) is 0 Å². The summed E-state index contributed by atoms with van der Waals surface area (Å²) >= 11 is 0. The van der Waals surface area contributed by atoms with E-state index in [0.717, 1.165) is 11.0 Å². The summed E-state index contributed by atoms with van der Waals surface area (Å²) in [5, 5.41) is 11.1. The van der Waals surface area contributed by atoms with Gasteiger partial charge in [-0.25, -0.2) is 0 Å². The van der Waals surface area contributed by atoms with Gasteiger partial charge in [-0.05, 0) is 14.1 Å². The second kappa shape index (κ2) is 6.99. The molecule has 0 spiro atoms. The van der Waals surface area contributed by atoms with Crippen molar-refractivity contribution >= 4 is 0 Å². The van der Waals surface area contributed by atoms with Crippen LogP contribution in [0.5, 0.6) is 0 Å². The molecule has 3 nitrogen and oxygen atoms in total. The Balaban J connectivity index is 0. The van der Waals surface area contributed by atoms with Crippen LogP contribution in [-0.4, -0.2) is 58.0 Å². The van der Waals surface area contributed by atoms with Crippen molar-refractivity contribution in [1.82, 2.24) is 5.32 Å². The summed E-state index contributed by atoms with van der Waals surface area (Å²) < 4.78 is 0.844. The molecule has 0 saturated carbocycles. The van der Waals surface area contributed by atoms with Crippen LogP contribution in [-0.2, 0) is 0 Å². The highest BCUT2D eigenvalue weighted by Gasteiger charge is 2.02. The van der Waals surface area contributed by atoms with E-state index < -0.39 is 0 Å². The Labute approximate surface area is 64.2 Å². The molecule has 0 aromatic carbocycles. The standard InChI is InChI=1S/C5H14NO.C2H7N/c1-6(2,3)4-5-7;1-3-2/h7H,4-5H2,1-3H3;3H,1-2H3/q+1;. The van der Waals surface area contributed by atoms with Crippen molar-refractivity contribution in [1.29, 1.82) is 0 Å². The minimum atomic E-state index is 0.281. The Kier molecular flexibility index (Phi) is 8.77. The van der Waals surface area contributed by atoms with E-state index in [1.807, 2.05) is 14.1 Å². The SMILES string of the molecule is CNC.C[N+](C)(C)CCO. The number of hydrogen-bond donors (Lipinski definition) is 2. The van der Waals surface area contributed by atoms with E-state index in [9.17, 15) is 0 Å². The van der Waals surface area contributed by atoms with Gasteiger partial charge >= 0.3 is 0 Å². The zero-order valence-corrected chi connectivity index (χ0v) is 7.81. The molecule has 0 aromatic heterocycles. The molecule has 0 radical (unpaired) electrons. The molecule has 2 N–H and O–H groups in total. The van der Waals surface area contributed by atoms with Crippen LogP contribution in [0.1, 0.15) is 0 Å². The lowest BCUT2D eigenvalue weighted by Crippen LogP contribution is -2.36. The maximum Gasteiger partial charge on any atom is 0.101 e. The summed E-state index contributed by atoms with van der Waals surface area (Å²) in [6.07, 6.45) is 0. The van der Waals surface area contributed by atoms with Gasteiger partial charge in [0.1, 0.15) is 6.54 Å². The van der Waals surface area contributed by atoms with Crippen molar-refractivity contribution in [2.45, 2.75) is 0 Å². The third kappa shape index (κ3) is 24.8. The smallest absolute Gasteiger partial charge is 0.101 e. The van der Waals surface area contributed by atoms with Gasteiger partial charge in [0.05, 0.1) is 27.7 Å². The fraction of sp³-hybridized carbons (Fsp3) is 1.00. The molecule has 0 aliphatic rings. The van der Waals surface area contributed by atoms with E-state index >= 15 is 0 Å². The van der Waals surface area contributed by atoms with E-state index in [-0.39, 0.29) is 6.61 Å². The van der Waals surface area contributed by atoms with Gasteiger partial charge in [-0.3, -0.25) is 0 Å². The second-order valence-corrected chi connectivity index (χ2v) is 3.24. The molecule has 0 aliphatic carbocycles. The maximum absolute atomic E-state index is 8.39. The summed E-state index contributed by atoms with van der Waals surface area (Å²) in [4.78, 5) is 0. The Hall–Kier alpha value is -0.120. The number of quaternary nitrogens is 1. The van der Waals surface area contributed by atoms with Crippen molar-refractivity contribution < 1.29 is 9.59 Å². The number of aliphatic hydroxyl groups excluding tert-OH is 1. The van der Waals surface area contributed by atoms with Crippen molar-refractivity contribution in [3.05, 3.63) is 0 Å². The fourth-order valence-corrected chi connectivity index (χ4v) is 0.300. The van der Waals surface area contributed by atoms with Crippen LogP contribution < -0.4 is 5.32 Å². The summed E-state index contributed by atoms with van der Waals surface area (Å²) in [5.74, 6) is 0. The number of nitrogens with zero attached hydrogens (tertiary/aromatic N) is 1. The highest BCUT2D eigenvalue weighted by molar-refractivity contribution is 4.19. The van der Waals surface area contributed by atoms with Crippen LogP contribution in [0.2, 0.25) is 0 Å². The molecule has 0 saturated heterocycles. The zero-order valence-electron chi connectivity index (χ0n) is 7.81. The van der Waals surface area contributed by atoms with Gasteiger partial charge in [0.25, 0.3) is 0 Å². The first-order chi connectivity index (χ1) is 4.47. The molecule has 3 heteroatoms. The van der Waals surface area contributed by atoms with E-state index in [0.29, 0.717) is 0 Å². The van der Waals surface area contributed by atoms with Crippen molar-refractivity contribution in [2.24, 2.45) is 0 Å². The lowest BCUT2D eigenvalue weighted by molar-refractivity contribution is -0.870. The van der Waals surface area contributed by atoms with E-state index in [4.69, 9.17) is 5.11 Å². The first kappa shape index (κ1) is 12.5. The lowest BCUT2D eigenvalue weighted by Gasteiger charge is -2.21. The largest absolute Gasteiger partial charge is 0.391 e. The van der Waals surface area contributed by atoms with E-state index in [2.05, 4.69) is 26.5 Å². The molecule has 0 rings (SSSR count). The first-order valence-electron chi connectivity index (χ1n) is 3.47. The zero-order chi connectivity index (χ0) is 8.62. The van der Waals surface area contributed by atoms with Gasteiger partial charge in [0.2, 0.25) is 0 Å². The van der Waals surface area contributed by atoms with Gasteiger partial charge in [0, 0.05) is 0 Å². The molecular formula is C7H21N2O+. The van der Waals surface area contributed by atoms with Crippen molar-refractivity contribution in [2.75, 3.05) is 48.4 Å². The Morgan fingerprint density at radius 1 is 1.20 bits per heavy atom. The predicted octanol–water partition coefficient (Wildman–Crippen LogP) is -0.479. The van der Waals surface area contributed by atoms with Gasteiger partial charge in [-0.1, -0.05) is 0 Å². The van der Waals surface area contributed by atoms with Gasteiger partial charge in [0.15, 0.2) is 0 Å². The molecular weight excluding hydrogens is 128 g/mol. The molecule has 0 fully saturated rings. The van der Waals surface area contributed by atoms with Crippen molar-refractivity contribution in [3.8, 4) is 0 Å². The highest BCUT2D eigenvalue weighted by atomic mass is 16.3. The second-order valence-electron chi connectivity index (χ2n) is 3.24. The summed E-state index contributed by atoms with van der Waals surface area (Å²) in [6, 6.07) is 0. The maximum atomic E-state index is 8.39. The minimum Gasteiger partial charge on any atom is -0.391 e. The van der Waals surface area contributed by atoms with Crippen LogP contribution in [0.15, 0.2) is 0 Å². The number of hydrogen-bond acceptors (Lipinski definition) is 2. The Bertz CT molecular complexity index is 59.1. The topological polar surface area (TPSA) is 32.3 Å². The van der Waals surface area contributed by atoms with Crippen LogP contribution in [0.25, 0.3) is 0 Å². The monoisotopic (exact) mass is 149 g/mol. The van der Waals surface area contributed by atoms with E-state index in [1.165, 1.54) is 0 Å². The average molecular weight is 149 g/mol. The molecule has 64 valence electrons. The molecule has 0 atom stereocenters. The molecule has 0 amide bonds. The van der Waals surface area contributed by atoms with Crippen LogP contribution in [0, 0.1) is 0 Å². The lowest BCUT2D eigenvalue weighted by atomic mass is 10.5. The highest BCUT2D eigenvalue weighted by Crippen LogP contribution is 1.84. The van der Waals surface area contributed by atoms with Gasteiger partial charge in [-0.2, -0.15) is 0 Å².